The smallest absolute Gasteiger partial charge is 0.257 e. The molecule has 0 spiro atoms. The molecule has 2 aliphatic heterocycles. The van der Waals surface area contributed by atoms with Crippen molar-refractivity contribution >= 4 is 11.6 Å². The summed E-state index contributed by atoms with van der Waals surface area (Å²) in [6, 6.07) is 21.6. The Morgan fingerprint density at radius 2 is 1.79 bits per heavy atom. The first-order valence-corrected chi connectivity index (χ1v) is 12.0. The Morgan fingerprint density at radius 3 is 2.47 bits per heavy atom. The van der Waals surface area contributed by atoms with Gasteiger partial charge in [-0.2, -0.15) is 5.10 Å². The molecule has 34 heavy (non-hydrogen) atoms. The van der Waals surface area contributed by atoms with Gasteiger partial charge in [0, 0.05) is 6.42 Å². The number of nitrogens with zero attached hydrogens (tertiary/aromatic N) is 3. The van der Waals surface area contributed by atoms with Gasteiger partial charge < -0.3 is 9.52 Å². The number of amides is 1. The Hall–Kier alpha value is -3.22. The van der Waals surface area contributed by atoms with Crippen LogP contribution in [-0.4, -0.2) is 46.3 Å². The van der Waals surface area contributed by atoms with Gasteiger partial charge in [-0.05, 0) is 62.0 Å². The minimum atomic E-state index is -0.456. The number of aliphatic hydroxyl groups is 1. The van der Waals surface area contributed by atoms with Gasteiger partial charge in [-0.15, -0.1) is 0 Å². The van der Waals surface area contributed by atoms with Crippen molar-refractivity contribution in [2.75, 3.05) is 19.6 Å². The fourth-order valence-corrected chi connectivity index (χ4v) is 4.98. The molecule has 5 rings (SSSR count). The Labute approximate surface area is 200 Å². The largest absolute Gasteiger partial charge is 0.467 e. The van der Waals surface area contributed by atoms with Crippen LogP contribution in [0, 0.1) is 12.8 Å². The molecule has 6 nitrogen and oxygen atoms in total. The minimum Gasteiger partial charge on any atom is -0.467 e. The van der Waals surface area contributed by atoms with E-state index in [4.69, 9.17) is 9.52 Å². The molecule has 0 bridgehead atoms. The summed E-state index contributed by atoms with van der Waals surface area (Å²) < 4.78 is 5.66. The van der Waals surface area contributed by atoms with Gasteiger partial charge in [0.1, 0.15) is 11.8 Å². The molecule has 6 heteroatoms. The molecule has 1 fully saturated rings. The minimum absolute atomic E-state index is 0.0226. The highest BCUT2D eigenvalue weighted by atomic mass is 16.3. The SMILES string of the molecule is Cc1ccc(C2=NN(C(=O)CN3CCC(C(O)c4ccccc4)CC3)C(c3ccco3)C2)cc1. The number of hydrazone groups is 1. The highest BCUT2D eigenvalue weighted by Crippen LogP contribution is 2.34. The number of aryl methyl sites for hydroxylation is 1. The summed E-state index contributed by atoms with van der Waals surface area (Å²) in [4.78, 5) is 15.5. The van der Waals surface area contributed by atoms with Crippen LogP contribution >= 0.6 is 0 Å². The van der Waals surface area contributed by atoms with Crippen molar-refractivity contribution in [1.29, 1.82) is 0 Å². The maximum Gasteiger partial charge on any atom is 0.257 e. The number of aliphatic hydroxyl groups excluding tert-OH is 1. The summed E-state index contributed by atoms with van der Waals surface area (Å²) >= 11 is 0. The number of hydrogen-bond donors (Lipinski definition) is 1. The Balaban J connectivity index is 1.25. The first-order valence-electron chi connectivity index (χ1n) is 12.0. The molecule has 2 aromatic carbocycles. The van der Waals surface area contributed by atoms with Gasteiger partial charge >= 0.3 is 0 Å². The predicted octanol–water partition coefficient (Wildman–Crippen LogP) is 4.71. The standard InChI is InChI=1S/C28H31N3O3/c1-20-9-11-21(12-10-20)24-18-25(26-8-5-17-34-26)31(29-24)27(32)19-30-15-13-23(14-16-30)28(33)22-6-3-2-4-7-22/h2-12,17,23,25,28,33H,13-16,18-19H2,1H3. The first kappa shape index (κ1) is 22.6. The van der Waals surface area contributed by atoms with Crippen LogP contribution in [0.1, 0.15) is 53.9 Å². The number of carbonyl (C=O) groups is 1. The summed E-state index contributed by atoms with van der Waals surface area (Å²) in [5.74, 6) is 0.942. The normalized spacial score (nSPS) is 20.4. The monoisotopic (exact) mass is 457 g/mol. The van der Waals surface area contributed by atoms with Crippen molar-refractivity contribution < 1.29 is 14.3 Å². The van der Waals surface area contributed by atoms with Crippen molar-refractivity contribution in [2.45, 2.75) is 38.3 Å². The number of furan rings is 1. The van der Waals surface area contributed by atoms with E-state index in [1.54, 1.807) is 11.3 Å². The summed E-state index contributed by atoms with van der Waals surface area (Å²) in [6.45, 7) is 3.95. The van der Waals surface area contributed by atoms with Crippen LogP contribution in [0.4, 0.5) is 0 Å². The second-order valence-electron chi connectivity index (χ2n) is 9.36. The molecule has 1 aromatic heterocycles. The summed E-state index contributed by atoms with van der Waals surface area (Å²) in [5, 5.41) is 17.1. The van der Waals surface area contributed by atoms with Crippen molar-refractivity contribution in [3.8, 4) is 0 Å². The number of likely N-dealkylation sites (tertiary alicyclic amines) is 1. The van der Waals surface area contributed by atoms with E-state index in [2.05, 4.69) is 36.1 Å². The van der Waals surface area contributed by atoms with Gasteiger partial charge in [0.2, 0.25) is 0 Å². The fourth-order valence-electron chi connectivity index (χ4n) is 4.98. The third-order valence-corrected chi connectivity index (χ3v) is 7.00. The second-order valence-corrected chi connectivity index (χ2v) is 9.36. The molecule has 0 aliphatic carbocycles. The molecule has 3 heterocycles. The quantitative estimate of drug-likeness (QED) is 0.582. The van der Waals surface area contributed by atoms with E-state index in [1.165, 1.54) is 5.56 Å². The van der Waals surface area contributed by atoms with Crippen molar-refractivity contribution in [2.24, 2.45) is 11.0 Å². The highest BCUT2D eigenvalue weighted by Gasteiger charge is 2.36. The van der Waals surface area contributed by atoms with Crippen LogP contribution in [0.2, 0.25) is 0 Å². The molecule has 176 valence electrons. The van der Waals surface area contributed by atoms with Crippen molar-refractivity contribution in [3.05, 3.63) is 95.4 Å². The van der Waals surface area contributed by atoms with Crippen LogP contribution in [0.3, 0.4) is 0 Å². The number of piperidine rings is 1. The molecule has 2 aliphatic rings. The molecule has 0 saturated carbocycles. The van der Waals surface area contributed by atoms with Crippen molar-refractivity contribution in [3.63, 3.8) is 0 Å². The molecule has 3 aromatic rings. The Bertz CT molecular complexity index is 1120. The molecule has 2 unspecified atom stereocenters. The van der Waals surface area contributed by atoms with E-state index < -0.39 is 6.10 Å². The zero-order valence-corrected chi connectivity index (χ0v) is 19.5. The zero-order valence-electron chi connectivity index (χ0n) is 19.5. The maximum atomic E-state index is 13.4. The number of carbonyl (C=O) groups excluding carboxylic acids is 1. The lowest BCUT2D eigenvalue weighted by Gasteiger charge is -2.34. The predicted molar refractivity (Wildman–Crippen MR) is 131 cm³/mol. The lowest BCUT2D eigenvalue weighted by Crippen LogP contribution is -2.42. The summed E-state index contributed by atoms with van der Waals surface area (Å²) in [6.07, 6.45) is 3.55. The molecular weight excluding hydrogens is 426 g/mol. The van der Waals surface area contributed by atoms with Gasteiger partial charge in [0.05, 0.1) is 24.6 Å². The molecular formula is C28H31N3O3. The van der Waals surface area contributed by atoms with E-state index in [0.717, 1.165) is 48.5 Å². The average molecular weight is 458 g/mol. The van der Waals surface area contributed by atoms with E-state index in [0.29, 0.717) is 13.0 Å². The number of benzene rings is 2. The van der Waals surface area contributed by atoms with E-state index in [9.17, 15) is 9.90 Å². The molecule has 0 radical (unpaired) electrons. The topological polar surface area (TPSA) is 69.3 Å². The van der Waals surface area contributed by atoms with E-state index in [1.807, 2.05) is 42.5 Å². The van der Waals surface area contributed by atoms with Gasteiger partial charge in [-0.1, -0.05) is 60.2 Å². The summed E-state index contributed by atoms with van der Waals surface area (Å²) in [5.41, 5.74) is 4.10. The van der Waals surface area contributed by atoms with Crippen LogP contribution in [0.5, 0.6) is 0 Å². The van der Waals surface area contributed by atoms with Gasteiger partial charge in [0.25, 0.3) is 5.91 Å². The fraction of sp³-hybridized carbons (Fsp3) is 0.357. The van der Waals surface area contributed by atoms with Crippen LogP contribution in [0.25, 0.3) is 0 Å². The molecule has 1 N–H and O–H groups in total. The average Bonchev–Trinajstić information content (AvgIpc) is 3.55. The number of rotatable bonds is 6. The third kappa shape index (κ3) is 4.83. The third-order valence-electron chi connectivity index (χ3n) is 7.00. The Kier molecular flexibility index (Phi) is 6.61. The van der Waals surface area contributed by atoms with E-state index in [-0.39, 0.29) is 17.9 Å². The first-order chi connectivity index (χ1) is 16.6. The number of hydrogen-bond acceptors (Lipinski definition) is 5. The highest BCUT2D eigenvalue weighted by molar-refractivity contribution is 6.03. The lowest BCUT2D eigenvalue weighted by molar-refractivity contribution is -0.135. The van der Waals surface area contributed by atoms with Crippen molar-refractivity contribution in [1.82, 2.24) is 9.91 Å². The van der Waals surface area contributed by atoms with Gasteiger partial charge in [-0.3, -0.25) is 9.69 Å². The van der Waals surface area contributed by atoms with Gasteiger partial charge in [-0.25, -0.2) is 5.01 Å². The maximum absolute atomic E-state index is 13.4. The van der Waals surface area contributed by atoms with E-state index >= 15 is 0 Å². The lowest BCUT2D eigenvalue weighted by atomic mass is 9.87. The zero-order chi connectivity index (χ0) is 23.5. The van der Waals surface area contributed by atoms with Crippen LogP contribution in [-0.2, 0) is 4.79 Å². The van der Waals surface area contributed by atoms with Crippen LogP contribution < -0.4 is 0 Å². The molecule has 2 atom stereocenters. The van der Waals surface area contributed by atoms with Crippen LogP contribution in [0.15, 0.2) is 82.5 Å². The Morgan fingerprint density at radius 1 is 1.06 bits per heavy atom. The van der Waals surface area contributed by atoms with Gasteiger partial charge in [0.15, 0.2) is 0 Å². The summed E-state index contributed by atoms with van der Waals surface area (Å²) in [7, 11) is 0. The molecule has 1 amide bonds. The molecule has 1 saturated heterocycles. The second kappa shape index (κ2) is 9.95.